The summed E-state index contributed by atoms with van der Waals surface area (Å²) in [7, 11) is 0. The lowest BCUT2D eigenvalue weighted by atomic mass is 10.0. The van der Waals surface area contributed by atoms with Crippen molar-refractivity contribution in [3.8, 4) is 11.1 Å². The molecule has 1 atom stereocenters. The van der Waals surface area contributed by atoms with Crippen LogP contribution in [0.4, 0.5) is 5.13 Å². The number of carbonyl (C=O) groups is 1. The maximum Gasteiger partial charge on any atom is 0.239 e. The molecule has 1 unspecified atom stereocenters. The average molecular weight is 463 g/mol. The maximum atomic E-state index is 12.9. The van der Waals surface area contributed by atoms with Gasteiger partial charge in [-0.15, -0.1) is 11.3 Å². The summed E-state index contributed by atoms with van der Waals surface area (Å²) in [5.74, 6) is -0.0935. The van der Waals surface area contributed by atoms with E-state index in [0.717, 1.165) is 36.6 Å². The normalized spacial score (nSPS) is 12.3. The molecule has 0 saturated carbocycles. The maximum absolute atomic E-state index is 12.9. The molecule has 0 spiro atoms. The first-order valence-electron chi connectivity index (χ1n) is 9.73. The highest BCUT2D eigenvalue weighted by molar-refractivity contribution is 8.00. The molecule has 2 aromatic carbocycles. The molecule has 0 aliphatic rings. The molecule has 5 rings (SSSR count). The van der Waals surface area contributed by atoms with E-state index >= 15 is 0 Å². The Morgan fingerprint density at radius 1 is 1.03 bits per heavy atom. The Balaban J connectivity index is 1.43. The predicted octanol–water partition coefficient (Wildman–Crippen LogP) is 6.40. The molecule has 1 amide bonds. The van der Waals surface area contributed by atoms with Gasteiger partial charge in [0.05, 0.1) is 20.9 Å². The molecule has 1 N–H and O–H groups in total. The minimum atomic E-state index is -0.339. The van der Waals surface area contributed by atoms with Gasteiger partial charge >= 0.3 is 0 Å². The molecular formula is C23H18N4OS3. The number of nitrogens with zero attached hydrogens (tertiary/aromatic N) is 3. The number of carbonyl (C=O) groups excluding carboxylic acids is 1. The topological polar surface area (TPSA) is 67.8 Å². The minimum Gasteiger partial charge on any atom is -0.301 e. The monoisotopic (exact) mass is 462 g/mol. The highest BCUT2D eigenvalue weighted by atomic mass is 32.2. The molecule has 0 bridgehead atoms. The molecule has 0 fully saturated rings. The van der Waals surface area contributed by atoms with Crippen LogP contribution in [0.25, 0.3) is 31.6 Å². The van der Waals surface area contributed by atoms with Crippen LogP contribution in [0.5, 0.6) is 0 Å². The number of anilines is 1. The van der Waals surface area contributed by atoms with Crippen LogP contribution < -0.4 is 5.32 Å². The zero-order chi connectivity index (χ0) is 21.4. The number of nitrogens with one attached hydrogen (secondary N) is 1. The third kappa shape index (κ3) is 3.94. The van der Waals surface area contributed by atoms with Crippen LogP contribution in [0.3, 0.4) is 0 Å². The van der Waals surface area contributed by atoms with E-state index in [9.17, 15) is 4.79 Å². The fraction of sp³-hybridized carbons (Fsp3) is 0.130. The Morgan fingerprint density at radius 2 is 1.81 bits per heavy atom. The summed E-state index contributed by atoms with van der Waals surface area (Å²) in [5, 5.41) is 5.07. The molecule has 8 heteroatoms. The zero-order valence-corrected chi connectivity index (χ0v) is 19.3. The van der Waals surface area contributed by atoms with Crippen LogP contribution in [-0.4, -0.2) is 26.1 Å². The van der Waals surface area contributed by atoms with Gasteiger partial charge in [-0.25, -0.2) is 15.0 Å². The Bertz CT molecular complexity index is 1360. The molecule has 0 radical (unpaired) electrons. The van der Waals surface area contributed by atoms with Crippen LogP contribution in [0.15, 0.2) is 66.0 Å². The number of rotatable bonds is 5. The average Bonchev–Trinajstić information content (AvgIpc) is 3.34. The van der Waals surface area contributed by atoms with Crippen molar-refractivity contribution in [3.63, 3.8) is 0 Å². The van der Waals surface area contributed by atoms with Crippen molar-refractivity contribution in [2.45, 2.75) is 24.1 Å². The fourth-order valence-corrected chi connectivity index (χ4v) is 6.28. The molecule has 5 nitrogen and oxygen atoms in total. The number of hydrogen-bond donors (Lipinski definition) is 1. The summed E-state index contributed by atoms with van der Waals surface area (Å²) < 4.78 is 1.05. The molecule has 31 heavy (non-hydrogen) atoms. The summed E-state index contributed by atoms with van der Waals surface area (Å²) in [4.78, 5) is 28.5. The first-order chi connectivity index (χ1) is 15.1. The summed E-state index contributed by atoms with van der Waals surface area (Å²) in [6.45, 7) is 4.00. The van der Waals surface area contributed by atoms with Crippen LogP contribution in [0.1, 0.15) is 11.8 Å². The van der Waals surface area contributed by atoms with Crippen LogP contribution in [-0.2, 0) is 4.79 Å². The van der Waals surface area contributed by atoms with Gasteiger partial charge < -0.3 is 5.32 Å². The van der Waals surface area contributed by atoms with Gasteiger partial charge in [0.2, 0.25) is 5.91 Å². The molecule has 3 heterocycles. The first-order valence-corrected chi connectivity index (χ1v) is 12.2. The van der Waals surface area contributed by atoms with Crippen molar-refractivity contribution in [2.24, 2.45) is 0 Å². The van der Waals surface area contributed by atoms with E-state index in [-0.39, 0.29) is 11.2 Å². The third-order valence-corrected chi connectivity index (χ3v) is 7.94. The molecular weight excluding hydrogens is 444 g/mol. The van der Waals surface area contributed by atoms with Gasteiger partial charge in [0.1, 0.15) is 16.2 Å². The smallest absolute Gasteiger partial charge is 0.239 e. The third-order valence-electron chi connectivity index (χ3n) is 4.87. The number of thiophene rings is 1. The van der Waals surface area contributed by atoms with E-state index in [1.54, 1.807) is 17.7 Å². The number of thioether (sulfide) groups is 1. The second-order valence-electron chi connectivity index (χ2n) is 6.99. The fourth-order valence-electron chi connectivity index (χ4n) is 3.41. The number of para-hydroxylation sites is 1. The van der Waals surface area contributed by atoms with E-state index in [1.807, 2.05) is 49.4 Å². The SMILES string of the molecule is Cc1sc2ncnc(SC(C)C(=O)Nc3nc4ccccc4s3)c2c1-c1ccccc1. The lowest BCUT2D eigenvalue weighted by molar-refractivity contribution is -0.115. The largest absolute Gasteiger partial charge is 0.301 e. The number of aromatic nitrogens is 3. The van der Waals surface area contributed by atoms with Gasteiger partial charge in [-0.1, -0.05) is 65.6 Å². The van der Waals surface area contributed by atoms with Crippen molar-refractivity contribution in [1.82, 2.24) is 15.0 Å². The Kier molecular flexibility index (Phi) is 5.43. The van der Waals surface area contributed by atoms with Crippen LogP contribution in [0.2, 0.25) is 0 Å². The lowest BCUT2D eigenvalue weighted by Crippen LogP contribution is -2.22. The van der Waals surface area contributed by atoms with E-state index in [4.69, 9.17) is 0 Å². The summed E-state index contributed by atoms with van der Waals surface area (Å²) in [6.07, 6.45) is 1.58. The summed E-state index contributed by atoms with van der Waals surface area (Å²) >= 11 is 4.58. The number of hydrogen-bond acceptors (Lipinski definition) is 7. The highest BCUT2D eigenvalue weighted by Crippen LogP contribution is 2.42. The quantitative estimate of drug-likeness (QED) is 0.242. The lowest BCUT2D eigenvalue weighted by Gasteiger charge is -2.11. The van der Waals surface area contributed by atoms with Crippen molar-refractivity contribution < 1.29 is 4.79 Å². The van der Waals surface area contributed by atoms with Crippen molar-refractivity contribution in [2.75, 3.05) is 5.32 Å². The van der Waals surface area contributed by atoms with Gasteiger partial charge in [-0.05, 0) is 31.5 Å². The van der Waals surface area contributed by atoms with Crippen molar-refractivity contribution in [1.29, 1.82) is 0 Å². The van der Waals surface area contributed by atoms with Gasteiger partial charge in [0.15, 0.2) is 5.13 Å². The number of aryl methyl sites for hydroxylation is 1. The van der Waals surface area contributed by atoms with Crippen molar-refractivity contribution in [3.05, 3.63) is 65.8 Å². The highest BCUT2D eigenvalue weighted by Gasteiger charge is 2.22. The van der Waals surface area contributed by atoms with Crippen molar-refractivity contribution >= 4 is 65.9 Å². The molecule has 0 aliphatic carbocycles. The predicted molar refractivity (Wildman–Crippen MR) is 131 cm³/mol. The van der Waals surface area contributed by atoms with Crippen LogP contribution in [0, 0.1) is 6.92 Å². The molecule has 0 aliphatic heterocycles. The second-order valence-corrected chi connectivity index (χ2v) is 10.6. The molecule has 3 aromatic heterocycles. The number of amides is 1. The van der Waals surface area contributed by atoms with Crippen LogP contribution >= 0.6 is 34.4 Å². The van der Waals surface area contributed by atoms with E-state index in [1.165, 1.54) is 28.0 Å². The Morgan fingerprint density at radius 3 is 2.61 bits per heavy atom. The molecule has 0 saturated heterocycles. The van der Waals surface area contributed by atoms with Gasteiger partial charge in [-0.2, -0.15) is 0 Å². The number of thiazole rings is 1. The van der Waals surface area contributed by atoms with E-state index in [2.05, 4.69) is 39.3 Å². The number of fused-ring (bicyclic) bond motifs is 2. The summed E-state index contributed by atoms with van der Waals surface area (Å²) in [6, 6.07) is 18.1. The van der Waals surface area contributed by atoms with Gasteiger partial charge in [0.25, 0.3) is 0 Å². The first kappa shape index (κ1) is 20.1. The van der Waals surface area contributed by atoms with E-state index in [0.29, 0.717) is 5.13 Å². The minimum absolute atomic E-state index is 0.0935. The Hall–Kier alpha value is -2.81. The second kappa shape index (κ2) is 8.37. The standard InChI is InChI=1S/C23H18N4OS3/c1-13-18(15-8-4-3-5-9-15)19-21(29-13)24-12-25-22(19)30-14(2)20(28)27-23-26-16-10-6-7-11-17(16)31-23/h3-12,14H,1-2H3,(H,26,27,28). The van der Waals surface area contributed by atoms with Gasteiger partial charge in [0, 0.05) is 10.4 Å². The molecule has 154 valence electrons. The zero-order valence-electron chi connectivity index (χ0n) is 16.8. The Labute approximate surface area is 191 Å². The van der Waals surface area contributed by atoms with E-state index < -0.39 is 0 Å². The molecule has 5 aromatic rings. The summed E-state index contributed by atoms with van der Waals surface area (Å²) in [5.41, 5.74) is 3.17. The van der Waals surface area contributed by atoms with Gasteiger partial charge in [-0.3, -0.25) is 4.79 Å². The number of benzene rings is 2.